The van der Waals surface area contributed by atoms with E-state index < -0.39 is 0 Å². The van der Waals surface area contributed by atoms with E-state index in [1.807, 2.05) is 0 Å². The topological polar surface area (TPSA) is 35.2 Å². The maximum atomic E-state index is 13.9. The first-order valence-corrected chi connectivity index (χ1v) is 6.22. The smallest absolute Gasteiger partial charge is 0.131 e. The molecule has 1 aromatic rings. The van der Waals surface area contributed by atoms with Crippen molar-refractivity contribution in [3.8, 4) is 5.75 Å². The van der Waals surface area contributed by atoms with Gasteiger partial charge in [-0.2, -0.15) is 0 Å². The van der Waals surface area contributed by atoms with E-state index in [-0.39, 0.29) is 11.9 Å². The highest BCUT2D eigenvalue weighted by atomic mass is 19.1. The summed E-state index contributed by atoms with van der Waals surface area (Å²) in [5.74, 6) is 1.28. The Morgan fingerprint density at radius 2 is 2.18 bits per heavy atom. The van der Waals surface area contributed by atoms with E-state index in [2.05, 4.69) is 6.92 Å². The first-order chi connectivity index (χ1) is 8.13. The molecule has 1 aliphatic rings. The highest BCUT2D eigenvalue weighted by Gasteiger charge is 2.30. The van der Waals surface area contributed by atoms with Crippen LogP contribution < -0.4 is 10.5 Å². The van der Waals surface area contributed by atoms with Gasteiger partial charge in [0.1, 0.15) is 11.6 Å². The summed E-state index contributed by atoms with van der Waals surface area (Å²) in [5, 5.41) is 0. The predicted octanol–water partition coefficient (Wildman–Crippen LogP) is 3.27. The van der Waals surface area contributed by atoms with Crippen molar-refractivity contribution in [2.24, 2.45) is 17.6 Å². The Kier molecular flexibility index (Phi) is 3.67. The third kappa shape index (κ3) is 2.44. The first kappa shape index (κ1) is 12.4. The van der Waals surface area contributed by atoms with Crippen molar-refractivity contribution >= 4 is 0 Å². The monoisotopic (exact) mass is 237 g/mol. The Labute approximate surface area is 102 Å². The molecule has 94 valence electrons. The van der Waals surface area contributed by atoms with Crippen molar-refractivity contribution in [3.05, 3.63) is 29.6 Å². The van der Waals surface area contributed by atoms with E-state index >= 15 is 0 Å². The molecule has 17 heavy (non-hydrogen) atoms. The number of methoxy groups -OCH3 is 1. The summed E-state index contributed by atoms with van der Waals surface area (Å²) in [5.41, 5.74) is 6.82. The van der Waals surface area contributed by atoms with Crippen LogP contribution in [-0.4, -0.2) is 7.11 Å². The van der Waals surface area contributed by atoms with E-state index in [0.29, 0.717) is 23.1 Å². The molecular weight excluding hydrogens is 217 g/mol. The molecule has 0 aliphatic heterocycles. The van der Waals surface area contributed by atoms with Crippen molar-refractivity contribution in [1.29, 1.82) is 0 Å². The number of hydrogen-bond acceptors (Lipinski definition) is 2. The summed E-state index contributed by atoms with van der Waals surface area (Å²) >= 11 is 0. The molecule has 2 N–H and O–H groups in total. The van der Waals surface area contributed by atoms with E-state index in [9.17, 15) is 4.39 Å². The Bertz CT molecular complexity index is 394. The van der Waals surface area contributed by atoms with Crippen molar-refractivity contribution in [3.63, 3.8) is 0 Å². The fourth-order valence-electron chi connectivity index (χ4n) is 2.84. The van der Waals surface area contributed by atoms with Crippen molar-refractivity contribution < 1.29 is 9.13 Å². The highest BCUT2D eigenvalue weighted by Crippen LogP contribution is 2.39. The van der Waals surface area contributed by atoms with Crippen LogP contribution in [0.2, 0.25) is 0 Å². The van der Waals surface area contributed by atoms with E-state index in [4.69, 9.17) is 10.5 Å². The van der Waals surface area contributed by atoms with Gasteiger partial charge in [0.2, 0.25) is 0 Å². The lowest BCUT2D eigenvalue weighted by atomic mass is 9.86. The average molecular weight is 237 g/mol. The van der Waals surface area contributed by atoms with Gasteiger partial charge in [-0.25, -0.2) is 4.39 Å². The second kappa shape index (κ2) is 5.05. The molecule has 1 aliphatic carbocycles. The van der Waals surface area contributed by atoms with Gasteiger partial charge < -0.3 is 10.5 Å². The Morgan fingerprint density at radius 3 is 2.71 bits per heavy atom. The minimum absolute atomic E-state index is 0.196. The van der Waals surface area contributed by atoms with Gasteiger partial charge in [-0.05, 0) is 24.3 Å². The van der Waals surface area contributed by atoms with Crippen molar-refractivity contribution in [2.75, 3.05) is 7.11 Å². The zero-order chi connectivity index (χ0) is 12.4. The summed E-state index contributed by atoms with van der Waals surface area (Å²) in [6.45, 7) is 2.21. The molecule has 3 heteroatoms. The molecule has 3 atom stereocenters. The molecule has 0 saturated heterocycles. The third-order valence-corrected chi connectivity index (χ3v) is 3.96. The lowest BCUT2D eigenvalue weighted by Gasteiger charge is -2.24. The molecule has 0 radical (unpaired) electrons. The van der Waals surface area contributed by atoms with Gasteiger partial charge in [0.15, 0.2) is 0 Å². The fourth-order valence-corrected chi connectivity index (χ4v) is 2.84. The third-order valence-electron chi connectivity index (χ3n) is 3.96. The van der Waals surface area contributed by atoms with Gasteiger partial charge in [-0.15, -0.1) is 0 Å². The summed E-state index contributed by atoms with van der Waals surface area (Å²) in [6.07, 6.45) is 3.52. The Morgan fingerprint density at radius 1 is 1.41 bits per heavy atom. The minimum atomic E-state index is -0.254. The molecule has 2 rings (SSSR count). The summed E-state index contributed by atoms with van der Waals surface area (Å²) in [7, 11) is 1.54. The maximum absolute atomic E-state index is 13.9. The van der Waals surface area contributed by atoms with E-state index in [1.54, 1.807) is 12.1 Å². The zero-order valence-electron chi connectivity index (χ0n) is 10.4. The van der Waals surface area contributed by atoms with E-state index in [0.717, 1.165) is 6.42 Å². The van der Waals surface area contributed by atoms with Crippen LogP contribution in [0.5, 0.6) is 5.75 Å². The molecule has 0 aromatic heterocycles. The highest BCUT2D eigenvalue weighted by molar-refractivity contribution is 5.31. The maximum Gasteiger partial charge on any atom is 0.131 e. The normalized spacial score (nSPS) is 25.9. The van der Waals surface area contributed by atoms with Crippen LogP contribution in [0.1, 0.15) is 37.8 Å². The molecule has 0 bridgehead atoms. The lowest BCUT2D eigenvalue weighted by molar-refractivity contribution is 0.342. The number of nitrogens with two attached hydrogens (primary N) is 1. The minimum Gasteiger partial charge on any atom is -0.497 e. The number of rotatable bonds is 3. The predicted molar refractivity (Wildman–Crippen MR) is 66.4 cm³/mol. The van der Waals surface area contributed by atoms with Gasteiger partial charge in [0.05, 0.1) is 7.11 Å². The molecule has 2 nitrogen and oxygen atoms in total. The summed E-state index contributed by atoms with van der Waals surface area (Å²) in [6, 6.07) is 4.75. The largest absolute Gasteiger partial charge is 0.497 e. The van der Waals surface area contributed by atoms with Crippen LogP contribution >= 0.6 is 0 Å². The molecule has 1 fully saturated rings. The molecule has 0 spiro atoms. The number of ether oxygens (including phenoxy) is 1. The molecule has 0 amide bonds. The van der Waals surface area contributed by atoms with Crippen LogP contribution in [0.4, 0.5) is 4.39 Å². The van der Waals surface area contributed by atoms with Gasteiger partial charge in [0.25, 0.3) is 0 Å². The van der Waals surface area contributed by atoms with Crippen LogP contribution in [0, 0.1) is 17.7 Å². The van der Waals surface area contributed by atoms with Crippen LogP contribution in [0.15, 0.2) is 18.2 Å². The number of hydrogen-bond donors (Lipinski definition) is 1. The Balaban J connectivity index is 2.21. The lowest BCUT2D eigenvalue weighted by Crippen LogP contribution is -2.24. The van der Waals surface area contributed by atoms with E-state index in [1.165, 1.54) is 26.0 Å². The van der Waals surface area contributed by atoms with Crippen molar-refractivity contribution in [1.82, 2.24) is 0 Å². The SMILES string of the molecule is COc1ccc(C(N)C2CCCC2C)c(F)c1. The summed E-state index contributed by atoms with van der Waals surface area (Å²) in [4.78, 5) is 0. The quantitative estimate of drug-likeness (QED) is 0.875. The average Bonchev–Trinajstić information content (AvgIpc) is 2.74. The van der Waals surface area contributed by atoms with Crippen LogP contribution in [0.25, 0.3) is 0 Å². The van der Waals surface area contributed by atoms with Crippen LogP contribution in [-0.2, 0) is 0 Å². The van der Waals surface area contributed by atoms with Gasteiger partial charge in [-0.1, -0.05) is 25.8 Å². The zero-order valence-corrected chi connectivity index (χ0v) is 10.4. The first-order valence-electron chi connectivity index (χ1n) is 6.22. The van der Waals surface area contributed by atoms with Gasteiger partial charge >= 0.3 is 0 Å². The molecule has 1 aromatic carbocycles. The van der Waals surface area contributed by atoms with Crippen molar-refractivity contribution in [2.45, 2.75) is 32.2 Å². The molecule has 3 unspecified atom stereocenters. The summed E-state index contributed by atoms with van der Waals surface area (Å²) < 4.78 is 18.9. The standard InChI is InChI=1S/C14H20FNO/c1-9-4-3-5-11(9)14(16)12-7-6-10(17-2)8-13(12)15/h6-9,11,14H,3-5,16H2,1-2H3. The second-order valence-corrected chi connectivity index (χ2v) is 4.99. The Hall–Kier alpha value is -1.09. The molecular formula is C14H20FNO. The van der Waals surface area contributed by atoms with Gasteiger partial charge in [0, 0.05) is 17.7 Å². The van der Waals surface area contributed by atoms with Crippen LogP contribution in [0.3, 0.4) is 0 Å². The molecule has 0 heterocycles. The second-order valence-electron chi connectivity index (χ2n) is 4.99. The molecule has 1 saturated carbocycles. The fraction of sp³-hybridized carbons (Fsp3) is 0.571. The van der Waals surface area contributed by atoms with Gasteiger partial charge in [-0.3, -0.25) is 0 Å². The number of halogens is 1. The number of benzene rings is 1.